The summed E-state index contributed by atoms with van der Waals surface area (Å²) >= 11 is 10.4. The molecule has 0 N–H and O–H groups in total. The summed E-state index contributed by atoms with van der Waals surface area (Å²) in [5.74, 6) is 0. The van der Waals surface area contributed by atoms with E-state index in [1.54, 1.807) is 0 Å². The molecule has 0 amide bonds. The van der Waals surface area contributed by atoms with Crippen LogP contribution in [0, 0.1) is 0 Å². The van der Waals surface area contributed by atoms with Crippen molar-refractivity contribution in [3.05, 3.63) is 22.2 Å². The van der Waals surface area contributed by atoms with Gasteiger partial charge >= 0.3 is 10.2 Å². The lowest BCUT2D eigenvalue weighted by molar-refractivity contribution is 0.364. The molecule has 0 unspecified atom stereocenters. The Bertz CT molecular complexity index is 601. The molecule has 0 radical (unpaired) electrons. The van der Waals surface area contributed by atoms with E-state index < -0.39 is 39.1 Å². The summed E-state index contributed by atoms with van der Waals surface area (Å²) in [5, 5.41) is -2.28. The van der Waals surface area contributed by atoms with Gasteiger partial charge in [-0.3, -0.25) is 0 Å². The van der Waals surface area contributed by atoms with E-state index in [0.717, 1.165) is 0 Å². The van der Waals surface area contributed by atoms with Crippen LogP contribution in [0.1, 0.15) is 0 Å². The Morgan fingerprint density at radius 3 is 1.50 bits per heavy atom. The first kappa shape index (κ1) is 16.1. The average Bonchev–Trinajstić information content (AvgIpc) is 1.94. The SMILES string of the molecule is O=S(=O)(Cl)c1c(Cl)cc(S(F)(F)(F)(F)F)cc1Cl. The van der Waals surface area contributed by atoms with E-state index in [9.17, 15) is 27.8 Å². The smallest absolute Gasteiger partial charge is 0.207 e. The second-order valence-corrected chi connectivity index (χ2v) is 8.85. The summed E-state index contributed by atoms with van der Waals surface area (Å²) < 4.78 is 84.0. The minimum atomic E-state index is -9.99. The lowest BCUT2D eigenvalue weighted by Crippen LogP contribution is -2.07. The number of halogens is 8. The molecule has 1 aromatic carbocycles. The molecule has 0 aliphatic heterocycles. The zero-order valence-electron chi connectivity index (χ0n) is 7.81. The minimum absolute atomic E-state index is 0.232. The van der Waals surface area contributed by atoms with E-state index in [2.05, 4.69) is 0 Å². The summed E-state index contributed by atoms with van der Waals surface area (Å²) in [6.07, 6.45) is 0. The van der Waals surface area contributed by atoms with Crippen molar-refractivity contribution in [2.75, 3.05) is 0 Å². The standard InChI is InChI=1S/C6H2Cl3F5O2S2/c7-4-1-3(18(10,11,12,13)14)2-5(8)6(4)17(9,15)16/h1-2H. The van der Waals surface area contributed by atoms with Gasteiger partial charge in [0.1, 0.15) is 9.79 Å². The fourth-order valence-corrected chi connectivity index (χ4v) is 4.22. The zero-order valence-corrected chi connectivity index (χ0v) is 11.7. The van der Waals surface area contributed by atoms with E-state index in [4.69, 9.17) is 33.9 Å². The summed E-state index contributed by atoms with van der Waals surface area (Å²) in [7, 11) is -9.70. The van der Waals surface area contributed by atoms with Gasteiger partial charge in [0.05, 0.1) is 10.0 Å². The molecule has 0 saturated heterocycles. The van der Waals surface area contributed by atoms with Crippen LogP contribution in [0.15, 0.2) is 21.9 Å². The molecule has 106 valence electrons. The Morgan fingerprint density at radius 2 is 1.28 bits per heavy atom. The fraction of sp³-hybridized carbons (Fsp3) is 0. The highest BCUT2D eigenvalue weighted by atomic mass is 35.7. The van der Waals surface area contributed by atoms with E-state index in [1.807, 2.05) is 0 Å². The van der Waals surface area contributed by atoms with Crippen molar-refractivity contribution in [1.82, 2.24) is 0 Å². The maximum atomic E-state index is 12.4. The van der Waals surface area contributed by atoms with Gasteiger partial charge in [-0.05, 0) is 12.1 Å². The molecular weight excluding hydrogens is 370 g/mol. The molecule has 0 aromatic heterocycles. The van der Waals surface area contributed by atoms with Crippen molar-refractivity contribution in [3.8, 4) is 0 Å². The van der Waals surface area contributed by atoms with Gasteiger partial charge in [0.25, 0.3) is 9.05 Å². The van der Waals surface area contributed by atoms with Crippen molar-refractivity contribution >= 4 is 53.2 Å². The third-order valence-corrected chi connectivity index (χ3v) is 5.00. The molecule has 1 rings (SSSR count). The molecule has 1 aromatic rings. The number of benzene rings is 1. The van der Waals surface area contributed by atoms with E-state index >= 15 is 0 Å². The molecule has 0 atom stereocenters. The van der Waals surface area contributed by atoms with Crippen molar-refractivity contribution in [2.24, 2.45) is 0 Å². The topological polar surface area (TPSA) is 34.1 Å². The van der Waals surface area contributed by atoms with E-state index in [0.29, 0.717) is 0 Å². The summed E-state index contributed by atoms with van der Waals surface area (Å²) in [5.41, 5.74) is 0. The Balaban J connectivity index is 3.73. The molecule has 0 spiro atoms. The lowest BCUT2D eigenvalue weighted by atomic mass is 10.3. The fourth-order valence-electron chi connectivity index (χ4n) is 0.992. The lowest BCUT2D eigenvalue weighted by Gasteiger charge is -2.40. The molecule has 0 saturated carbocycles. The molecule has 0 aliphatic rings. The Labute approximate surface area is 113 Å². The van der Waals surface area contributed by atoms with Crippen molar-refractivity contribution in [1.29, 1.82) is 0 Å². The molecular formula is C6H2Cl3F5O2S2. The number of hydrogen-bond acceptors (Lipinski definition) is 2. The van der Waals surface area contributed by atoms with Crippen LogP contribution in [0.4, 0.5) is 19.4 Å². The number of rotatable bonds is 2. The molecule has 18 heavy (non-hydrogen) atoms. The highest BCUT2D eigenvalue weighted by Crippen LogP contribution is 3.02. The number of hydrogen-bond donors (Lipinski definition) is 0. The van der Waals surface area contributed by atoms with Crippen LogP contribution >= 0.6 is 44.1 Å². The van der Waals surface area contributed by atoms with Gasteiger partial charge in [0.2, 0.25) is 0 Å². The summed E-state index contributed by atoms with van der Waals surface area (Å²) in [4.78, 5) is -3.45. The van der Waals surface area contributed by atoms with Gasteiger partial charge in [-0.2, -0.15) is 0 Å². The second kappa shape index (κ2) is 3.57. The Hall–Kier alpha value is 0.0400. The van der Waals surface area contributed by atoms with Crippen molar-refractivity contribution in [3.63, 3.8) is 0 Å². The first-order valence-electron chi connectivity index (χ1n) is 3.70. The Kier molecular flexibility index (Phi) is 3.19. The van der Waals surface area contributed by atoms with Crippen LogP contribution in [-0.4, -0.2) is 8.42 Å². The molecule has 0 bridgehead atoms. The molecule has 0 heterocycles. The quantitative estimate of drug-likeness (QED) is 0.502. The van der Waals surface area contributed by atoms with Crippen LogP contribution in [-0.2, 0) is 9.05 Å². The first-order valence-corrected chi connectivity index (χ1v) is 8.72. The van der Waals surface area contributed by atoms with Gasteiger partial charge in [0, 0.05) is 10.7 Å². The predicted octanol–water partition coefficient (Wildman–Crippen LogP) is 5.58. The monoisotopic (exact) mass is 370 g/mol. The average molecular weight is 372 g/mol. The van der Waals surface area contributed by atoms with Gasteiger partial charge < -0.3 is 0 Å². The maximum Gasteiger partial charge on any atom is 0.310 e. The normalized spacial score (nSPS) is 17.1. The molecule has 0 fully saturated rings. The maximum absolute atomic E-state index is 12.4. The van der Waals surface area contributed by atoms with Gasteiger partial charge in [-0.1, -0.05) is 42.6 Å². The highest BCUT2D eigenvalue weighted by molar-refractivity contribution is 8.45. The van der Waals surface area contributed by atoms with E-state index in [1.165, 1.54) is 0 Å². The summed E-state index contributed by atoms with van der Waals surface area (Å²) in [6.45, 7) is 0. The van der Waals surface area contributed by atoms with Crippen LogP contribution in [0.3, 0.4) is 0 Å². The molecule has 0 aliphatic carbocycles. The first-order chi connectivity index (χ1) is 7.52. The largest absolute Gasteiger partial charge is 0.310 e. The third kappa shape index (κ3) is 3.53. The molecule has 12 heteroatoms. The van der Waals surface area contributed by atoms with Crippen molar-refractivity contribution < 1.29 is 27.8 Å². The third-order valence-electron chi connectivity index (χ3n) is 1.66. The van der Waals surface area contributed by atoms with E-state index in [-0.39, 0.29) is 12.1 Å². The van der Waals surface area contributed by atoms with Gasteiger partial charge in [0.15, 0.2) is 0 Å². The van der Waals surface area contributed by atoms with Crippen molar-refractivity contribution in [2.45, 2.75) is 9.79 Å². The predicted molar refractivity (Wildman–Crippen MR) is 60.9 cm³/mol. The van der Waals surface area contributed by atoms with Gasteiger partial charge in [-0.15, -0.1) is 0 Å². The minimum Gasteiger partial charge on any atom is -0.207 e. The summed E-state index contributed by atoms with van der Waals surface area (Å²) in [6, 6.07) is -0.464. The second-order valence-electron chi connectivity index (χ2n) is 3.12. The van der Waals surface area contributed by atoms with Crippen LogP contribution in [0.5, 0.6) is 0 Å². The highest BCUT2D eigenvalue weighted by Gasteiger charge is 2.65. The van der Waals surface area contributed by atoms with Crippen LogP contribution in [0.2, 0.25) is 10.0 Å². The van der Waals surface area contributed by atoms with Gasteiger partial charge in [-0.25, -0.2) is 8.42 Å². The molecule has 2 nitrogen and oxygen atoms in total. The van der Waals surface area contributed by atoms with Crippen LogP contribution < -0.4 is 0 Å². The zero-order chi connectivity index (χ0) is 14.6. The Morgan fingerprint density at radius 1 is 0.944 bits per heavy atom. The van der Waals surface area contributed by atoms with Crippen LogP contribution in [0.25, 0.3) is 0 Å².